The van der Waals surface area contributed by atoms with Crippen LogP contribution in [0.1, 0.15) is 26.3 Å². The average Bonchev–Trinajstić information content (AvgIpc) is 2.28. The Hall–Kier alpha value is -0.410. The van der Waals surface area contributed by atoms with Crippen LogP contribution in [0.2, 0.25) is 10.0 Å². The van der Waals surface area contributed by atoms with Gasteiger partial charge in [0.2, 0.25) is 0 Å². The molecule has 0 amide bonds. The molecule has 0 aliphatic heterocycles. The van der Waals surface area contributed by atoms with Crippen molar-refractivity contribution in [1.82, 2.24) is 5.32 Å². The Labute approximate surface area is 129 Å². The highest BCUT2D eigenvalue weighted by molar-refractivity contribution is 6.35. The van der Waals surface area contributed by atoms with E-state index in [0.717, 1.165) is 5.56 Å². The summed E-state index contributed by atoms with van der Waals surface area (Å²) in [6, 6.07) is 3.52. The third-order valence-electron chi connectivity index (χ3n) is 2.31. The summed E-state index contributed by atoms with van der Waals surface area (Å²) in [6.45, 7) is 7.28. The minimum absolute atomic E-state index is 0.00209. The molecule has 0 radical (unpaired) electrons. The first-order valence-electron chi connectivity index (χ1n) is 5.94. The molecular formula is C14H18Cl3NO. The van der Waals surface area contributed by atoms with Crippen molar-refractivity contribution in [3.63, 3.8) is 0 Å². The second-order valence-electron chi connectivity index (χ2n) is 5.15. The molecule has 0 fully saturated rings. The van der Waals surface area contributed by atoms with Gasteiger partial charge in [0.25, 0.3) is 0 Å². The van der Waals surface area contributed by atoms with Gasteiger partial charge in [-0.15, -0.1) is 0 Å². The molecule has 0 saturated carbocycles. The van der Waals surface area contributed by atoms with Gasteiger partial charge in [0.05, 0.1) is 5.02 Å². The van der Waals surface area contributed by atoms with E-state index >= 15 is 0 Å². The van der Waals surface area contributed by atoms with Crippen molar-refractivity contribution in [2.75, 3.05) is 6.61 Å². The molecule has 2 nitrogen and oxygen atoms in total. The molecule has 106 valence electrons. The third-order valence-corrected chi connectivity index (χ3v) is 2.98. The highest BCUT2D eigenvalue weighted by Gasteiger charge is 2.14. The molecular weight excluding hydrogens is 305 g/mol. The van der Waals surface area contributed by atoms with Gasteiger partial charge in [0.15, 0.2) is 0 Å². The standard InChI is InChI=1S/C14H18Cl3NO/c1-14(2,3)18-9-10-7-11(16)8-12(17)13(10)19-6-4-5-15/h4-5,7-8,18H,6,9H2,1-3H3. The zero-order valence-electron chi connectivity index (χ0n) is 11.3. The van der Waals surface area contributed by atoms with E-state index in [9.17, 15) is 0 Å². The van der Waals surface area contributed by atoms with Crippen LogP contribution in [0.3, 0.4) is 0 Å². The lowest BCUT2D eigenvalue weighted by Gasteiger charge is -2.22. The quantitative estimate of drug-likeness (QED) is 0.822. The smallest absolute Gasteiger partial charge is 0.142 e. The van der Waals surface area contributed by atoms with Gasteiger partial charge in [0, 0.05) is 28.2 Å². The van der Waals surface area contributed by atoms with Crippen molar-refractivity contribution >= 4 is 34.8 Å². The molecule has 0 aliphatic carbocycles. The van der Waals surface area contributed by atoms with Crippen LogP contribution in [0.5, 0.6) is 5.75 Å². The molecule has 1 aromatic rings. The highest BCUT2D eigenvalue weighted by atomic mass is 35.5. The Kier molecular flexibility index (Phi) is 6.48. The van der Waals surface area contributed by atoms with E-state index in [1.165, 1.54) is 5.54 Å². The number of hydrogen-bond donors (Lipinski definition) is 1. The summed E-state index contributed by atoms with van der Waals surface area (Å²) in [6.07, 6.45) is 1.70. The van der Waals surface area contributed by atoms with Crippen molar-refractivity contribution in [2.24, 2.45) is 0 Å². The van der Waals surface area contributed by atoms with E-state index in [-0.39, 0.29) is 5.54 Å². The Bertz CT molecular complexity index is 453. The van der Waals surface area contributed by atoms with E-state index < -0.39 is 0 Å². The molecule has 0 unspecified atom stereocenters. The number of benzene rings is 1. The topological polar surface area (TPSA) is 21.3 Å². The number of ether oxygens (including phenoxy) is 1. The van der Waals surface area contributed by atoms with Crippen molar-refractivity contribution in [3.05, 3.63) is 39.4 Å². The lowest BCUT2D eigenvalue weighted by atomic mass is 10.1. The maximum Gasteiger partial charge on any atom is 0.142 e. The summed E-state index contributed by atoms with van der Waals surface area (Å²) in [5, 5.41) is 4.48. The van der Waals surface area contributed by atoms with E-state index in [1.54, 1.807) is 12.1 Å². The van der Waals surface area contributed by atoms with Gasteiger partial charge in [-0.05, 0) is 39.0 Å². The van der Waals surface area contributed by atoms with Crippen LogP contribution in [-0.2, 0) is 6.54 Å². The second-order valence-corrected chi connectivity index (χ2v) is 6.25. The van der Waals surface area contributed by atoms with Crippen molar-refractivity contribution < 1.29 is 4.74 Å². The van der Waals surface area contributed by atoms with Crippen LogP contribution in [0, 0.1) is 0 Å². The van der Waals surface area contributed by atoms with Gasteiger partial charge in [0.1, 0.15) is 12.4 Å². The summed E-state index contributed by atoms with van der Waals surface area (Å²) in [4.78, 5) is 0. The molecule has 1 rings (SSSR count). The fourth-order valence-electron chi connectivity index (χ4n) is 1.43. The predicted molar refractivity (Wildman–Crippen MR) is 83.5 cm³/mol. The highest BCUT2D eigenvalue weighted by Crippen LogP contribution is 2.32. The number of rotatable bonds is 5. The van der Waals surface area contributed by atoms with Crippen LogP contribution in [-0.4, -0.2) is 12.1 Å². The molecule has 1 N–H and O–H groups in total. The van der Waals surface area contributed by atoms with Gasteiger partial charge in [-0.1, -0.05) is 34.8 Å². The van der Waals surface area contributed by atoms with E-state index in [4.69, 9.17) is 39.5 Å². The fourth-order valence-corrected chi connectivity index (χ4v) is 2.10. The van der Waals surface area contributed by atoms with Crippen molar-refractivity contribution in [1.29, 1.82) is 0 Å². The molecule has 0 aromatic heterocycles. The summed E-state index contributed by atoms with van der Waals surface area (Å²) in [5.74, 6) is 0.637. The summed E-state index contributed by atoms with van der Waals surface area (Å²) in [7, 11) is 0. The minimum atomic E-state index is 0.00209. The van der Waals surface area contributed by atoms with Crippen LogP contribution < -0.4 is 10.1 Å². The molecule has 0 bridgehead atoms. The van der Waals surface area contributed by atoms with Gasteiger partial charge >= 0.3 is 0 Å². The molecule has 1 aromatic carbocycles. The summed E-state index contributed by atoms with van der Waals surface area (Å²) in [5.41, 5.74) is 2.34. The molecule has 0 heterocycles. The number of nitrogens with one attached hydrogen (secondary N) is 1. The van der Waals surface area contributed by atoms with Crippen LogP contribution in [0.4, 0.5) is 0 Å². The molecule has 0 spiro atoms. The normalized spacial score (nSPS) is 12.1. The van der Waals surface area contributed by atoms with E-state index in [0.29, 0.717) is 28.9 Å². The monoisotopic (exact) mass is 321 g/mol. The SMILES string of the molecule is CC(C)(C)NCc1cc(Cl)cc(Cl)c1OCC=CCl. The molecule has 5 heteroatoms. The van der Waals surface area contributed by atoms with E-state index in [2.05, 4.69) is 26.1 Å². The predicted octanol–water partition coefficient (Wildman–Crippen LogP) is 5.01. The van der Waals surface area contributed by atoms with Gasteiger partial charge < -0.3 is 10.1 Å². The summed E-state index contributed by atoms with van der Waals surface area (Å²) < 4.78 is 5.63. The summed E-state index contributed by atoms with van der Waals surface area (Å²) >= 11 is 17.7. The zero-order valence-corrected chi connectivity index (χ0v) is 13.5. The molecule has 0 aliphatic rings. The van der Waals surface area contributed by atoms with Gasteiger partial charge in [-0.25, -0.2) is 0 Å². The second kappa shape index (κ2) is 7.39. The van der Waals surface area contributed by atoms with Crippen LogP contribution >= 0.6 is 34.8 Å². The van der Waals surface area contributed by atoms with E-state index in [1.807, 2.05) is 6.07 Å². The van der Waals surface area contributed by atoms with Gasteiger partial charge in [-0.2, -0.15) is 0 Å². The molecule has 0 atom stereocenters. The van der Waals surface area contributed by atoms with Crippen LogP contribution in [0.25, 0.3) is 0 Å². The first-order valence-corrected chi connectivity index (χ1v) is 7.13. The number of halogens is 3. The lowest BCUT2D eigenvalue weighted by Crippen LogP contribution is -2.35. The Balaban J connectivity index is 2.92. The first kappa shape index (κ1) is 16.6. The largest absolute Gasteiger partial charge is 0.488 e. The van der Waals surface area contributed by atoms with Crippen molar-refractivity contribution in [3.8, 4) is 5.75 Å². The Morgan fingerprint density at radius 1 is 1.26 bits per heavy atom. The third kappa shape index (κ3) is 6.05. The maximum absolute atomic E-state index is 6.17. The fraction of sp³-hybridized carbons (Fsp3) is 0.429. The Morgan fingerprint density at radius 3 is 2.53 bits per heavy atom. The molecule has 0 saturated heterocycles. The Morgan fingerprint density at radius 2 is 1.95 bits per heavy atom. The minimum Gasteiger partial charge on any atom is -0.488 e. The molecule has 19 heavy (non-hydrogen) atoms. The zero-order chi connectivity index (χ0) is 14.5. The van der Waals surface area contributed by atoms with Crippen LogP contribution in [0.15, 0.2) is 23.7 Å². The van der Waals surface area contributed by atoms with Gasteiger partial charge in [-0.3, -0.25) is 0 Å². The average molecular weight is 323 g/mol. The lowest BCUT2D eigenvalue weighted by molar-refractivity contribution is 0.353. The number of hydrogen-bond acceptors (Lipinski definition) is 2. The first-order chi connectivity index (χ1) is 8.83. The van der Waals surface area contributed by atoms with Crippen molar-refractivity contribution in [2.45, 2.75) is 32.9 Å². The maximum atomic E-state index is 6.17.